The molecule has 2 atom stereocenters. The zero-order valence-electron chi connectivity index (χ0n) is 12.7. The van der Waals surface area contributed by atoms with Crippen molar-refractivity contribution >= 4 is 0 Å². The summed E-state index contributed by atoms with van der Waals surface area (Å²) in [7, 11) is 4.52. The highest BCUT2D eigenvalue weighted by Crippen LogP contribution is 2.33. The van der Waals surface area contributed by atoms with Crippen molar-refractivity contribution in [3.8, 4) is 0 Å². The van der Waals surface area contributed by atoms with E-state index >= 15 is 0 Å². The summed E-state index contributed by atoms with van der Waals surface area (Å²) in [5.41, 5.74) is 0.459. The molecule has 2 rings (SSSR count). The summed E-state index contributed by atoms with van der Waals surface area (Å²) in [5.74, 6) is 1.90. The highest BCUT2D eigenvalue weighted by atomic mass is 15.2. The Morgan fingerprint density at radius 2 is 1.83 bits per heavy atom. The maximum atomic E-state index is 3.80. The molecule has 2 nitrogen and oxygen atoms in total. The minimum absolute atomic E-state index is 0.459. The highest BCUT2D eigenvalue weighted by molar-refractivity contribution is 4.94. The van der Waals surface area contributed by atoms with Gasteiger partial charge in [0.05, 0.1) is 0 Å². The van der Waals surface area contributed by atoms with Crippen LogP contribution in [0, 0.1) is 11.8 Å². The molecular formula is C16H32N2. The van der Waals surface area contributed by atoms with E-state index in [-0.39, 0.29) is 0 Å². The Balaban J connectivity index is 1.73. The Morgan fingerprint density at radius 3 is 2.44 bits per heavy atom. The molecule has 2 aliphatic rings. The predicted octanol–water partition coefficient (Wildman–Crippen LogP) is 3.28. The number of hydrogen-bond donors (Lipinski definition) is 1. The third-order valence-corrected chi connectivity index (χ3v) is 5.42. The van der Waals surface area contributed by atoms with Gasteiger partial charge in [0, 0.05) is 12.1 Å². The van der Waals surface area contributed by atoms with E-state index in [2.05, 4.69) is 31.2 Å². The molecule has 0 radical (unpaired) electrons. The normalized spacial score (nSPS) is 32.0. The van der Waals surface area contributed by atoms with E-state index in [1.165, 1.54) is 64.5 Å². The fourth-order valence-electron chi connectivity index (χ4n) is 4.07. The molecular weight excluding hydrogens is 220 g/mol. The first-order valence-corrected chi connectivity index (χ1v) is 8.00. The first kappa shape index (κ1) is 14.3. The van der Waals surface area contributed by atoms with Crippen LogP contribution >= 0.6 is 0 Å². The second kappa shape index (κ2) is 6.38. The van der Waals surface area contributed by atoms with Crippen LogP contribution in [0.3, 0.4) is 0 Å². The summed E-state index contributed by atoms with van der Waals surface area (Å²) in [6.07, 6.45) is 11.4. The highest BCUT2D eigenvalue weighted by Gasteiger charge is 2.35. The molecule has 0 heterocycles. The van der Waals surface area contributed by atoms with Gasteiger partial charge >= 0.3 is 0 Å². The van der Waals surface area contributed by atoms with Crippen LogP contribution in [-0.4, -0.2) is 37.6 Å². The third-order valence-electron chi connectivity index (χ3n) is 5.42. The lowest BCUT2D eigenvalue weighted by Gasteiger charge is -2.37. The van der Waals surface area contributed by atoms with Gasteiger partial charge in [-0.2, -0.15) is 0 Å². The minimum atomic E-state index is 0.459. The SMILES string of the molecule is CC1CCCC(CNCC2(N(C)C)CCCC2)C1. The zero-order valence-corrected chi connectivity index (χ0v) is 12.7. The van der Waals surface area contributed by atoms with Gasteiger partial charge in [0.2, 0.25) is 0 Å². The molecule has 0 aromatic rings. The van der Waals surface area contributed by atoms with Gasteiger partial charge in [0.1, 0.15) is 0 Å². The molecule has 0 aliphatic heterocycles. The number of hydrogen-bond acceptors (Lipinski definition) is 2. The lowest BCUT2D eigenvalue weighted by atomic mass is 9.82. The standard InChI is InChI=1S/C16H32N2/c1-14-7-6-8-15(11-14)12-17-13-16(18(2)3)9-4-5-10-16/h14-15,17H,4-13H2,1-3H3. The second-order valence-corrected chi connectivity index (χ2v) is 7.09. The molecule has 1 N–H and O–H groups in total. The average molecular weight is 252 g/mol. The molecule has 0 aromatic carbocycles. The summed E-state index contributed by atoms with van der Waals surface area (Å²) < 4.78 is 0. The number of likely N-dealkylation sites (N-methyl/N-ethyl adjacent to an activating group) is 1. The summed E-state index contributed by atoms with van der Waals surface area (Å²) in [6, 6.07) is 0. The van der Waals surface area contributed by atoms with Crippen molar-refractivity contribution in [2.75, 3.05) is 27.2 Å². The van der Waals surface area contributed by atoms with Gasteiger partial charge < -0.3 is 10.2 Å². The van der Waals surface area contributed by atoms with Crippen LogP contribution in [0.25, 0.3) is 0 Å². The molecule has 18 heavy (non-hydrogen) atoms. The lowest BCUT2D eigenvalue weighted by molar-refractivity contribution is 0.149. The second-order valence-electron chi connectivity index (χ2n) is 7.09. The minimum Gasteiger partial charge on any atom is -0.315 e. The Kier molecular flexibility index (Phi) is 5.08. The van der Waals surface area contributed by atoms with Crippen LogP contribution in [0.1, 0.15) is 58.3 Å². The molecule has 0 aromatic heterocycles. The Morgan fingerprint density at radius 1 is 1.11 bits per heavy atom. The van der Waals surface area contributed by atoms with E-state index in [4.69, 9.17) is 0 Å². The molecule has 0 saturated heterocycles. The number of rotatable bonds is 5. The lowest BCUT2D eigenvalue weighted by Crippen LogP contribution is -2.50. The molecule has 2 unspecified atom stereocenters. The van der Waals surface area contributed by atoms with Gasteiger partial charge in [0.25, 0.3) is 0 Å². The Hall–Kier alpha value is -0.0800. The predicted molar refractivity (Wildman–Crippen MR) is 78.9 cm³/mol. The molecule has 106 valence electrons. The van der Waals surface area contributed by atoms with Gasteiger partial charge in [-0.25, -0.2) is 0 Å². The van der Waals surface area contributed by atoms with Gasteiger partial charge in [0.15, 0.2) is 0 Å². The molecule has 2 aliphatic carbocycles. The van der Waals surface area contributed by atoms with Crippen LogP contribution < -0.4 is 5.32 Å². The fourth-order valence-corrected chi connectivity index (χ4v) is 4.07. The van der Waals surface area contributed by atoms with E-state index < -0.39 is 0 Å². The van der Waals surface area contributed by atoms with Crippen LogP contribution in [0.15, 0.2) is 0 Å². The quantitative estimate of drug-likeness (QED) is 0.808. The van der Waals surface area contributed by atoms with Crippen molar-refractivity contribution in [2.45, 2.75) is 63.8 Å². The first-order valence-electron chi connectivity index (χ1n) is 8.00. The van der Waals surface area contributed by atoms with E-state index in [9.17, 15) is 0 Å². The van der Waals surface area contributed by atoms with Crippen molar-refractivity contribution < 1.29 is 0 Å². The molecule has 0 amide bonds. The zero-order chi connectivity index (χ0) is 13.0. The molecule has 0 bridgehead atoms. The topological polar surface area (TPSA) is 15.3 Å². The summed E-state index contributed by atoms with van der Waals surface area (Å²) in [6.45, 7) is 4.87. The Labute approximate surface area is 114 Å². The van der Waals surface area contributed by atoms with Gasteiger partial charge in [-0.15, -0.1) is 0 Å². The molecule has 0 spiro atoms. The maximum absolute atomic E-state index is 3.80. The molecule has 2 saturated carbocycles. The number of nitrogens with one attached hydrogen (secondary N) is 1. The van der Waals surface area contributed by atoms with Crippen LogP contribution in [0.2, 0.25) is 0 Å². The van der Waals surface area contributed by atoms with E-state index in [0.717, 1.165) is 11.8 Å². The fraction of sp³-hybridized carbons (Fsp3) is 1.00. The van der Waals surface area contributed by atoms with Gasteiger partial charge in [-0.1, -0.05) is 32.6 Å². The summed E-state index contributed by atoms with van der Waals surface area (Å²) in [5, 5.41) is 3.80. The van der Waals surface area contributed by atoms with Crippen molar-refractivity contribution in [3.63, 3.8) is 0 Å². The first-order chi connectivity index (χ1) is 8.62. The van der Waals surface area contributed by atoms with Crippen LogP contribution in [-0.2, 0) is 0 Å². The number of nitrogens with zero attached hydrogens (tertiary/aromatic N) is 1. The van der Waals surface area contributed by atoms with Crippen molar-refractivity contribution in [2.24, 2.45) is 11.8 Å². The summed E-state index contributed by atoms with van der Waals surface area (Å²) in [4.78, 5) is 2.47. The monoisotopic (exact) mass is 252 g/mol. The van der Waals surface area contributed by atoms with Crippen molar-refractivity contribution in [3.05, 3.63) is 0 Å². The van der Waals surface area contributed by atoms with Crippen LogP contribution in [0.5, 0.6) is 0 Å². The van der Waals surface area contributed by atoms with Crippen LogP contribution in [0.4, 0.5) is 0 Å². The average Bonchev–Trinajstić information content (AvgIpc) is 2.79. The van der Waals surface area contributed by atoms with Gasteiger partial charge in [-0.05, 0) is 58.2 Å². The van der Waals surface area contributed by atoms with Crippen molar-refractivity contribution in [1.29, 1.82) is 0 Å². The largest absolute Gasteiger partial charge is 0.315 e. The van der Waals surface area contributed by atoms with Gasteiger partial charge in [-0.3, -0.25) is 0 Å². The summed E-state index contributed by atoms with van der Waals surface area (Å²) >= 11 is 0. The Bertz CT molecular complexity index is 243. The molecule has 2 fully saturated rings. The van der Waals surface area contributed by atoms with E-state index in [1.807, 2.05) is 0 Å². The van der Waals surface area contributed by atoms with E-state index in [0.29, 0.717) is 5.54 Å². The van der Waals surface area contributed by atoms with E-state index in [1.54, 1.807) is 0 Å². The maximum Gasteiger partial charge on any atom is 0.0327 e. The van der Waals surface area contributed by atoms with Crippen molar-refractivity contribution in [1.82, 2.24) is 10.2 Å². The smallest absolute Gasteiger partial charge is 0.0327 e. The third kappa shape index (κ3) is 3.48. The molecule has 2 heteroatoms.